The number of primary sulfonamides is 1. The van der Waals surface area contributed by atoms with Crippen molar-refractivity contribution >= 4 is 21.4 Å². The van der Waals surface area contributed by atoms with Gasteiger partial charge in [0, 0.05) is 17.6 Å². The third-order valence-corrected chi connectivity index (χ3v) is 6.06. The minimum Gasteiger partial charge on any atom is -0.456 e. The van der Waals surface area contributed by atoms with Crippen LogP contribution in [-0.2, 0) is 16.4 Å². The predicted octanol–water partition coefficient (Wildman–Crippen LogP) is 4.45. The van der Waals surface area contributed by atoms with Crippen molar-refractivity contribution in [2.24, 2.45) is 5.14 Å². The molecule has 1 aliphatic heterocycles. The van der Waals surface area contributed by atoms with Crippen LogP contribution < -0.4 is 9.88 Å². The van der Waals surface area contributed by atoms with E-state index >= 15 is 0 Å². The molecule has 1 heterocycles. The Morgan fingerprint density at radius 2 is 1.54 bits per heavy atom. The molecular formula is C23H21NO3S. The number of allylic oxidation sites excluding steroid dienone is 1. The van der Waals surface area contributed by atoms with E-state index in [-0.39, 0.29) is 4.90 Å². The summed E-state index contributed by atoms with van der Waals surface area (Å²) in [7, 11) is -3.73. The van der Waals surface area contributed by atoms with E-state index in [2.05, 4.69) is 38.1 Å². The van der Waals surface area contributed by atoms with Crippen LogP contribution in [0.5, 0.6) is 5.75 Å². The highest BCUT2D eigenvalue weighted by Crippen LogP contribution is 2.39. The maximum atomic E-state index is 11.6. The molecule has 1 aliphatic rings. The average molecular weight is 391 g/mol. The van der Waals surface area contributed by atoms with Crippen molar-refractivity contribution < 1.29 is 13.2 Å². The smallest absolute Gasteiger partial charge is 0.238 e. The molecule has 142 valence electrons. The summed E-state index contributed by atoms with van der Waals surface area (Å²) in [6.07, 6.45) is 0.741. The number of benzene rings is 3. The molecule has 3 aromatic rings. The summed E-state index contributed by atoms with van der Waals surface area (Å²) < 4.78 is 29.4. The number of hydrogen-bond donors (Lipinski definition) is 1. The van der Waals surface area contributed by atoms with Gasteiger partial charge in [0.1, 0.15) is 11.5 Å². The predicted molar refractivity (Wildman–Crippen MR) is 111 cm³/mol. The van der Waals surface area contributed by atoms with Crippen molar-refractivity contribution in [1.29, 1.82) is 0 Å². The second-order valence-electron chi connectivity index (χ2n) is 7.06. The Bertz CT molecular complexity index is 1190. The molecule has 5 heteroatoms. The third kappa shape index (κ3) is 3.46. The van der Waals surface area contributed by atoms with Crippen LogP contribution in [0.3, 0.4) is 0 Å². The summed E-state index contributed by atoms with van der Waals surface area (Å²) in [5.74, 6) is 1.56. The van der Waals surface area contributed by atoms with Crippen LogP contribution in [0.25, 0.3) is 11.3 Å². The van der Waals surface area contributed by atoms with Gasteiger partial charge in [0.25, 0.3) is 0 Å². The molecule has 4 nitrogen and oxygen atoms in total. The van der Waals surface area contributed by atoms with E-state index in [0.29, 0.717) is 0 Å². The van der Waals surface area contributed by atoms with E-state index in [4.69, 9.17) is 9.88 Å². The molecule has 0 saturated carbocycles. The largest absolute Gasteiger partial charge is 0.456 e. The Morgan fingerprint density at radius 3 is 2.21 bits per heavy atom. The van der Waals surface area contributed by atoms with Crippen molar-refractivity contribution in [2.45, 2.75) is 25.2 Å². The minimum absolute atomic E-state index is 0.0841. The monoisotopic (exact) mass is 391 g/mol. The first-order chi connectivity index (χ1) is 13.3. The summed E-state index contributed by atoms with van der Waals surface area (Å²) in [6, 6.07) is 20.9. The van der Waals surface area contributed by atoms with Crippen molar-refractivity contribution in [3.63, 3.8) is 0 Å². The number of sulfonamides is 1. The van der Waals surface area contributed by atoms with Crippen molar-refractivity contribution in [2.75, 3.05) is 0 Å². The van der Waals surface area contributed by atoms with E-state index < -0.39 is 10.0 Å². The average Bonchev–Trinajstić information content (AvgIpc) is 2.68. The van der Waals surface area contributed by atoms with Crippen LogP contribution in [0.4, 0.5) is 0 Å². The molecule has 2 N–H and O–H groups in total. The van der Waals surface area contributed by atoms with Gasteiger partial charge in [-0.2, -0.15) is 0 Å². The second-order valence-corrected chi connectivity index (χ2v) is 8.62. The van der Waals surface area contributed by atoms with E-state index in [1.807, 2.05) is 18.2 Å². The van der Waals surface area contributed by atoms with Crippen molar-refractivity contribution in [1.82, 2.24) is 0 Å². The number of hydrogen-bond acceptors (Lipinski definition) is 3. The van der Waals surface area contributed by atoms with Gasteiger partial charge in [0.15, 0.2) is 0 Å². The van der Waals surface area contributed by atoms with Gasteiger partial charge in [-0.25, -0.2) is 13.6 Å². The molecule has 0 amide bonds. The fourth-order valence-corrected chi connectivity index (χ4v) is 3.90. The normalized spacial score (nSPS) is 13.8. The Kier molecular flexibility index (Phi) is 4.57. The van der Waals surface area contributed by atoms with Gasteiger partial charge in [0.05, 0.1) is 4.90 Å². The lowest BCUT2D eigenvalue weighted by molar-refractivity contribution is 0.502. The number of para-hydroxylation sites is 1. The molecule has 0 aromatic heterocycles. The minimum atomic E-state index is -3.73. The molecule has 0 bridgehead atoms. The number of rotatable bonds is 3. The van der Waals surface area contributed by atoms with Crippen molar-refractivity contribution in [3.05, 3.63) is 94.5 Å². The van der Waals surface area contributed by atoms with Gasteiger partial charge < -0.3 is 4.74 Å². The van der Waals surface area contributed by atoms with E-state index in [1.165, 1.54) is 23.3 Å². The molecule has 28 heavy (non-hydrogen) atoms. The molecular weight excluding hydrogens is 370 g/mol. The number of aryl methyl sites for hydroxylation is 2. The standard InChI is InChI=1S/C23H21NO3S/c1-15-7-8-18(13-16(15)2)21-14-19-5-3-4-6-22(19)27-23(21)17-9-11-20(12-10-17)28(24,25)26/h3-13H,14H2,1-2H3,(H2,24,25,26). The topological polar surface area (TPSA) is 69.4 Å². The summed E-state index contributed by atoms with van der Waals surface area (Å²) >= 11 is 0. The molecule has 0 spiro atoms. The van der Waals surface area contributed by atoms with E-state index in [1.54, 1.807) is 12.1 Å². The first kappa shape index (κ1) is 18.5. The summed E-state index contributed by atoms with van der Waals surface area (Å²) in [4.78, 5) is 0.0841. The lowest BCUT2D eigenvalue weighted by Crippen LogP contribution is -2.13. The van der Waals surface area contributed by atoms with Crippen molar-refractivity contribution in [3.8, 4) is 5.75 Å². The summed E-state index contributed by atoms with van der Waals surface area (Å²) in [5, 5.41) is 5.23. The van der Waals surface area contributed by atoms with Gasteiger partial charge in [-0.3, -0.25) is 0 Å². The van der Waals surface area contributed by atoms with Crippen LogP contribution in [0, 0.1) is 13.8 Å². The molecule has 0 atom stereocenters. The fourth-order valence-electron chi connectivity index (χ4n) is 3.38. The Labute approximate surface area is 165 Å². The molecule has 0 unspecified atom stereocenters. The maximum absolute atomic E-state index is 11.6. The Morgan fingerprint density at radius 1 is 0.857 bits per heavy atom. The second kappa shape index (κ2) is 6.93. The van der Waals surface area contributed by atoms with Gasteiger partial charge >= 0.3 is 0 Å². The number of ether oxygens (including phenoxy) is 1. The Hall–Kier alpha value is -2.89. The first-order valence-electron chi connectivity index (χ1n) is 9.03. The van der Waals surface area contributed by atoms with Gasteiger partial charge in [-0.05, 0) is 66.4 Å². The van der Waals surface area contributed by atoms with Crippen LogP contribution in [0.15, 0.2) is 71.6 Å². The highest BCUT2D eigenvalue weighted by molar-refractivity contribution is 7.89. The lowest BCUT2D eigenvalue weighted by Gasteiger charge is -2.24. The fraction of sp³-hybridized carbons (Fsp3) is 0.130. The third-order valence-electron chi connectivity index (χ3n) is 5.13. The molecule has 0 aliphatic carbocycles. The molecule has 3 aromatic carbocycles. The van der Waals surface area contributed by atoms with Crippen LogP contribution >= 0.6 is 0 Å². The van der Waals surface area contributed by atoms with Gasteiger partial charge in [-0.15, -0.1) is 0 Å². The SMILES string of the molecule is Cc1ccc(C2=C(c3ccc(S(N)(=O)=O)cc3)Oc3ccccc3C2)cc1C. The van der Waals surface area contributed by atoms with Gasteiger partial charge in [0.2, 0.25) is 10.0 Å². The number of nitrogens with two attached hydrogens (primary N) is 1. The molecule has 0 saturated heterocycles. The lowest BCUT2D eigenvalue weighted by atomic mass is 9.90. The highest BCUT2D eigenvalue weighted by atomic mass is 32.2. The maximum Gasteiger partial charge on any atom is 0.238 e. The molecule has 0 fully saturated rings. The van der Waals surface area contributed by atoms with E-state index in [0.717, 1.165) is 40.2 Å². The quantitative estimate of drug-likeness (QED) is 0.717. The summed E-state index contributed by atoms with van der Waals surface area (Å²) in [6.45, 7) is 4.19. The van der Waals surface area contributed by atoms with Crippen LogP contribution in [0.1, 0.15) is 27.8 Å². The Balaban J connectivity index is 1.87. The van der Waals surface area contributed by atoms with Crippen LogP contribution in [-0.4, -0.2) is 8.42 Å². The summed E-state index contributed by atoms with van der Waals surface area (Å²) in [5.41, 5.74) is 6.57. The zero-order valence-electron chi connectivity index (χ0n) is 15.8. The zero-order valence-corrected chi connectivity index (χ0v) is 16.6. The van der Waals surface area contributed by atoms with Gasteiger partial charge in [-0.1, -0.05) is 36.4 Å². The zero-order chi connectivity index (χ0) is 19.9. The van der Waals surface area contributed by atoms with E-state index in [9.17, 15) is 8.42 Å². The van der Waals surface area contributed by atoms with Crippen LogP contribution in [0.2, 0.25) is 0 Å². The number of fused-ring (bicyclic) bond motifs is 1. The highest BCUT2D eigenvalue weighted by Gasteiger charge is 2.22. The molecule has 4 rings (SSSR count). The first-order valence-corrected chi connectivity index (χ1v) is 10.6. The molecule has 0 radical (unpaired) electrons.